The molecular formula is C13H12F3N3OS. The second kappa shape index (κ2) is 4.87. The molecule has 0 saturated carbocycles. The van der Waals surface area contributed by atoms with Gasteiger partial charge in [0.15, 0.2) is 5.13 Å². The van der Waals surface area contributed by atoms with E-state index in [4.69, 9.17) is 0 Å². The Bertz CT molecular complexity index is 698. The van der Waals surface area contributed by atoms with Gasteiger partial charge in [-0.15, -0.1) is 0 Å². The Labute approximate surface area is 122 Å². The van der Waals surface area contributed by atoms with Crippen LogP contribution in [0.5, 0.6) is 0 Å². The van der Waals surface area contributed by atoms with E-state index in [2.05, 4.69) is 4.98 Å². The van der Waals surface area contributed by atoms with Crippen molar-refractivity contribution in [2.24, 2.45) is 0 Å². The molecule has 1 aliphatic rings. The minimum atomic E-state index is -4.37. The van der Waals surface area contributed by atoms with Crippen LogP contribution in [-0.2, 0) is 11.0 Å². The standard InChI is InChI=1S/C13H12F3N3OS/c1-2-18-7-19(6-11(18)20)12-17-9-5-8(13(14,15)16)3-4-10(9)21-12/h3-5H,2,6-7H2,1H3. The second-order valence-corrected chi connectivity index (χ2v) is 5.77. The maximum atomic E-state index is 12.7. The van der Waals surface area contributed by atoms with Crippen LogP contribution in [0.2, 0.25) is 0 Å². The van der Waals surface area contributed by atoms with E-state index in [1.54, 1.807) is 9.80 Å². The van der Waals surface area contributed by atoms with Crippen LogP contribution >= 0.6 is 11.3 Å². The molecule has 1 amide bonds. The first-order chi connectivity index (χ1) is 9.88. The number of nitrogens with zero attached hydrogens (tertiary/aromatic N) is 3. The third-order valence-electron chi connectivity index (χ3n) is 3.38. The Morgan fingerprint density at radius 2 is 2.14 bits per heavy atom. The van der Waals surface area contributed by atoms with Crippen LogP contribution in [0, 0.1) is 0 Å². The van der Waals surface area contributed by atoms with Gasteiger partial charge in [0, 0.05) is 6.54 Å². The van der Waals surface area contributed by atoms with E-state index < -0.39 is 11.7 Å². The number of thiazole rings is 1. The number of carbonyl (C=O) groups is 1. The molecule has 1 aliphatic heterocycles. The molecule has 0 spiro atoms. The number of carbonyl (C=O) groups excluding carboxylic acids is 1. The molecule has 2 aromatic rings. The average Bonchev–Trinajstić information content (AvgIpc) is 2.99. The highest BCUT2D eigenvalue weighted by Gasteiger charge is 2.32. The molecule has 21 heavy (non-hydrogen) atoms. The van der Waals surface area contributed by atoms with Crippen molar-refractivity contribution < 1.29 is 18.0 Å². The minimum Gasteiger partial charge on any atom is -0.324 e. The van der Waals surface area contributed by atoms with Crippen LogP contribution in [0.25, 0.3) is 10.2 Å². The Balaban J connectivity index is 1.93. The van der Waals surface area contributed by atoms with Gasteiger partial charge < -0.3 is 9.80 Å². The molecule has 1 fully saturated rings. The third-order valence-corrected chi connectivity index (χ3v) is 4.47. The fourth-order valence-corrected chi connectivity index (χ4v) is 3.17. The van der Waals surface area contributed by atoms with Gasteiger partial charge in [-0.1, -0.05) is 11.3 Å². The van der Waals surface area contributed by atoms with Gasteiger partial charge in [-0.2, -0.15) is 13.2 Å². The molecule has 4 nitrogen and oxygen atoms in total. The van der Waals surface area contributed by atoms with Gasteiger partial charge in [-0.05, 0) is 25.1 Å². The molecule has 8 heteroatoms. The van der Waals surface area contributed by atoms with Crippen LogP contribution in [0.1, 0.15) is 12.5 Å². The zero-order chi connectivity index (χ0) is 15.2. The molecule has 3 rings (SSSR count). The smallest absolute Gasteiger partial charge is 0.324 e. The molecule has 0 unspecified atom stereocenters. The Kier molecular flexibility index (Phi) is 3.27. The second-order valence-electron chi connectivity index (χ2n) is 4.77. The largest absolute Gasteiger partial charge is 0.416 e. The number of likely N-dealkylation sites (N-methyl/N-ethyl adjacent to an activating group) is 1. The number of anilines is 1. The first kappa shape index (κ1) is 14.1. The number of halogens is 3. The number of aromatic nitrogens is 1. The summed E-state index contributed by atoms with van der Waals surface area (Å²) in [5.74, 6) is 0.00716. The number of fused-ring (bicyclic) bond motifs is 1. The molecule has 2 heterocycles. The third kappa shape index (κ3) is 2.55. The monoisotopic (exact) mass is 315 g/mol. The SMILES string of the molecule is CCN1CN(c2nc3cc(C(F)(F)F)ccc3s2)CC1=O. The van der Waals surface area contributed by atoms with Crippen molar-refractivity contribution >= 4 is 32.6 Å². The van der Waals surface area contributed by atoms with Crippen LogP contribution in [-0.4, -0.2) is 35.5 Å². The summed E-state index contributed by atoms with van der Waals surface area (Å²) in [5.41, 5.74) is -0.397. The molecule has 0 aliphatic carbocycles. The Morgan fingerprint density at radius 3 is 2.76 bits per heavy atom. The highest BCUT2D eigenvalue weighted by Crippen LogP contribution is 2.35. The molecule has 0 atom stereocenters. The van der Waals surface area contributed by atoms with E-state index in [0.29, 0.717) is 28.6 Å². The normalized spacial score (nSPS) is 16.3. The maximum Gasteiger partial charge on any atom is 0.416 e. The van der Waals surface area contributed by atoms with E-state index in [-0.39, 0.29) is 12.5 Å². The molecule has 1 aromatic heterocycles. The quantitative estimate of drug-likeness (QED) is 0.855. The summed E-state index contributed by atoms with van der Waals surface area (Å²) in [6, 6.07) is 3.53. The predicted molar refractivity (Wildman–Crippen MR) is 74.2 cm³/mol. The lowest BCUT2D eigenvalue weighted by molar-refractivity contribution is -0.137. The maximum absolute atomic E-state index is 12.7. The van der Waals surface area contributed by atoms with Crippen molar-refractivity contribution in [2.45, 2.75) is 13.1 Å². The number of hydrogen-bond acceptors (Lipinski definition) is 4. The van der Waals surface area contributed by atoms with Gasteiger partial charge >= 0.3 is 6.18 Å². The van der Waals surface area contributed by atoms with Crippen molar-refractivity contribution in [1.29, 1.82) is 0 Å². The van der Waals surface area contributed by atoms with Crippen LogP contribution in [0.3, 0.4) is 0 Å². The zero-order valence-corrected chi connectivity index (χ0v) is 12.0. The van der Waals surface area contributed by atoms with Crippen LogP contribution in [0.4, 0.5) is 18.3 Å². The summed E-state index contributed by atoms with van der Waals surface area (Å²) in [4.78, 5) is 19.4. The van der Waals surface area contributed by atoms with Crippen molar-refractivity contribution in [3.63, 3.8) is 0 Å². The fourth-order valence-electron chi connectivity index (χ4n) is 2.23. The number of hydrogen-bond donors (Lipinski definition) is 0. The Morgan fingerprint density at radius 1 is 1.38 bits per heavy atom. The first-order valence-electron chi connectivity index (χ1n) is 6.39. The molecule has 112 valence electrons. The number of amides is 1. The van der Waals surface area contributed by atoms with Gasteiger partial charge in [0.1, 0.15) is 6.54 Å². The van der Waals surface area contributed by atoms with E-state index >= 15 is 0 Å². The molecule has 0 radical (unpaired) electrons. The van der Waals surface area contributed by atoms with E-state index in [1.807, 2.05) is 6.92 Å². The number of rotatable bonds is 2. The van der Waals surface area contributed by atoms with E-state index in [9.17, 15) is 18.0 Å². The highest BCUT2D eigenvalue weighted by molar-refractivity contribution is 7.22. The Hall–Kier alpha value is -1.83. The lowest BCUT2D eigenvalue weighted by Gasteiger charge is -2.14. The molecular weight excluding hydrogens is 303 g/mol. The van der Waals surface area contributed by atoms with Crippen molar-refractivity contribution in [3.8, 4) is 0 Å². The minimum absolute atomic E-state index is 0.00716. The van der Waals surface area contributed by atoms with Gasteiger partial charge in [0.2, 0.25) is 5.91 Å². The summed E-state index contributed by atoms with van der Waals surface area (Å²) in [5, 5.41) is 0.577. The van der Waals surface area contributed by atoms with Gasteiger partial charge in [0.05, 0.1) is 22.4 Å². The van der Waals surface area contributed by atoms with Crippen LogP contribution < -0.4 is 4.90 Å². The van der Waals surface area contributed by atoms with Gasteiger partial charge in [-0.25, -0.2) is 4.98 Å². The zero-order valence-electron chi connectivity index (χ0n) is 11.1. The highest BCUT2D eigenvalue weighted by atomic mass is 32.1. The summed E-state index contributed by atoms with van der Waals surface area (Å²) >= 11 is 1.30. The lowest BCUT2D eigenvalue weighted by Crippen LogP contribution is -2.26. The molecule has 0 N–H and O–H groups in total. The number of benzene rings is 1. The summed E-state index contributed by atoms with van der Waals surface area (Å²) < 4.78 is 38.7. The predicted octanol–water partition coefficient (Wildman–Crippen LogP) is 2.94. The van der Waals surface area contributed by atoms with Gasteiger partial charge in [0.25, 0.3) is 0 Å². The summed E-state index contributed by atoms with van der Waals surface area (Å²) in [7, 11) is 0. The first-order valence-corrected chi connectivity index (χ1v) is 7.20. The lowest BCUT2D eigenvalue weighted by atomic mass is 10.2. The van der Waals surface area contributed by atoms with E-state index in [1.165, 1.54) is 17.4 Å². The molecule has 1 aromatic carbocycles. The van der Waals surface area contributed by atoms with Crippen molar-refractivity contribution in [3.05, 3.63) is 23.8 Å². The van der Waals surface area contributed by atoms with Crippen LogP contribution in [0.15, 0.2) is 18.2 Å². The van der Waals surface area contributed by atoms with Crippen molar-refractivity contribution in [2.75, 3.05) is 24.7 Å². The average molecular weight is 315 g/mol. The van der Waals surface area contributed by atoms with Gasteiger partial charge in [-0.3, -0.25) is 4.79 Å². The molecule has 1 saturated heterocycles. The van der Waals surface area contributed by atoms with E-state index in [0.717, 1.165) is 12.1 Å². The number of alkyl halides is 3. The summed E-state index contributed by atoms with van der Waals surface area (Å²) in [6.45, 7) is 3.15. The molecule has 0 bridgehead atoms. The fraction of sp³-hybridized carbons (Fsp3) is 0.385. The van der Waals surface area contributed by atoms with Crippen molar-refractivity contribution in [1.82, 2.24) is 9.88 Å². The topological polar surface area (TPSA) is 36.4 Å². The summed E-state index contributed by atoms with van der Waals surface area (Å²) in [6.07, 6.45) is -4.37.